The van der Waals surface area contributed by atoms with E-state index < -0.39 is 15.6 Å². The van der Waals surface area contributed by atoms with Crippen LogP contribution in [0.4, 0.5) is 0 Å². The number of piperazine rings is 1. The lowest BCUT2D eigenvalue weighted by Gasteiger charge is -2.37. The molecule has 0 bridgehead atoms. The smallest absolute Gasteiger partial charge is 0.247 e. The highest BCUT2D eigenvalue weighted by Gasteiger charge is 2.36. The number of hydrogen-bond donors (Lipinski definition) is 1. The van der Waals surface area contributed by atoms with E-state index in [1.165, 1.54) is 10.6 Å². The first-order chi connectivity index (χ1) is 9.73. The molecule has 1 aliphatic heterocycles. The number of carbonyl (C=O) groups excluding carboxylic acids is 1. The zero-order valence-corrected chi connectivity index (χ0v) is 14.4. The Hall–Kier alpha value is -1.15. The Morgan fingerprint density at radius 1 is 1.14 bits per heavy atom. The number of halogens is 1. The normalized spacial score (nSPS) is 19.1. The summed E-state index contributed by atoms with van der Waals surface area (Å²) >= 11 is 0. The molecule has 1 aromatic carbocycles. The van der Waals surface area contributed by atoms with Crippen molar-refractivity contribution in [2.75, 3.05) is 32.4 Å². The van der Waals surface area contributed by atoms with Gasteiger partial charge in [-0.15, -0.1) is 12.4 Å². The molecule has 1 aliphatic rings. The van der Waals surface area contributed by atoms with Gasteiger partial charge in [0.2, 0.25) is 15.9 Å². The van der Waals surface area contributed by atoms with Gasteiger partial charge in [-0.2, -0.15) is 4.31 Å². The van der Waals surface area contributed by atoms with Gasteiger partial charge >= 0.3 is 0 Å². The number of hydrogen-bond acceptors (Lipinski definition) is 4. The van der Waals surface area contributed by atoms with Crippen LogP contribution in [0.1, 0.15) is 12.5 Å². The first-order valence-electron chi connectivity index (χ1n) is 6.82. The van der Waals surface area contributed by atoms with Gasteiger partial charge in [0.15, 0.2) is 0 Å². The van der Waals surface area contributed by atoms with Crippen molar-refractivity contribution in [2.24, 2.45) is 5.73 Å². The largest absolute Gasteiger partial charge is 0.338 e. The van der Waals surface area contributed by atoms with Gasteiger partial charge in [-0.3, -0.25) is 4.79 Å². The van der Waals surface area contributed by atoms with Crippen LogP contribution in [0.2, 0.25) is 0 Å². The molecule has 22 heavy (non-hydrogen) atoms. The molecule has 1 atom stereocenters. The molecule has 0 radical (unpaired) electrons. The number of nitrogens with zero attached hydrogens (tertiary/aromatic N) is 2. The fraction of sp³-hybridized carbons (Fsp3) is 0.500. The number of nitrogens with two attached hydrogens (primary N) is 1. The van der Waals surface area contributed by atoms with E-state index in [0.717, 1.165) is 5.56 Å². The molecule has 1 unspecified atom stereocenters. The Balaban J connectivity index is 0.00000242. The minimum atomic E-state index is -3.20. The average Bonchev–Trinajstić information content (AvgIpc) is 2.46. The SMILES string of the molecule is CC(N)(C(=O)N1CCN(S(C)(=O)=O)CC1)c1ccccc1.Cl. The minimum Gasteiger partial charge on any atom is -0.338 e. The predicted molar refractivity (Wildman–Crippen MR) is 88.2 cm³/mol. The minimum absolute atomic E-state index is 0. The maximum absolute atomic E-state index is 12.6. The first kappa shape index (κ1) is 18.9. The van der Waals surface area contributed by atoms with Gasteiger partial charge in [-0.1, -0.05) is 30.3 Å². The fourth-order valence-electron chi connectivity index (χ4n) is 2.46. The molecule has 124 valence electrons. The lowest BCUT2D eigenvalue weighted by atomic mass is 9.91. The van der Waals surface area contributed by atoms with Crippen LogP contribution in [0.25, 0.3) is 0 Å². The topological polar surface area (TPSA) is 83.7 Å². The Kier molecular flexibility index (Phi) is 5.97. The molecule has 2 rings (SSSR count). The van der Waals surface area contributed by atoms with Crippen LogP contribution in [-0.4, -0.2) is 56.0 Å². The van der Waals surface area contributed by atoms with E-state index >= 15 is 0 Å². The lowest BCUT2D eigenvalue weighted by Crippen LogP contribution is -2.57. The van der Waals surface area contributed by atoms with Crippen LogP contribution in [-0.2, 0) is 20.4 Å². The van der Waals surface area contributed by atoms with E-state index in [1.54, 1.807) is 11.8 Å². The highest BCUT2D eigenvalue weighted by molar-refractivity contribution is 7.88. The molecule has 1 fully saturated rings. The summed E-state index contributed by atoms with van der Waals surface area (Å²) in [4.78, 5) is 14.2. The summed E-state index contributed by atoms with van der Waals surface area (Å²) in [7, 11) is -3.20. The molecule has 0 saturated carbocycles. The third-order valence-corrected chi connectivity index (χ3v) is 5.12. The van der Waals surface area contributed by atoms with Crippen LogP contribution < -0.4 is 5.73 Å². The Morgan fingerprint density at radius 2 is 1.64 bits per heavy atom. The predicted octanol–water partition coefficient (Wildman–Crippen LogP) is 0.386. The van der Waals surface area contributed by atoms with Crippen LogP contribution in [0, 0.1) is 0 Å². The van der Waals surface area contributed by atoms with Crippen LogP contribution in [0.5, 0.6) is 0 Å². The van der Waals surface area contributed by atoms with Crippen LogP contribution >= 0.6 is 12.4 Å². The van der Waals surface area contributed by atoms with Crippen molar-refractivity contribution in [1.29, 1.82) is 0 Å². The second kappa shape index (κ2) is 6.95. The Morgan fingerprint density at radius 3 is 2.09 bits per heavy atom. The van der Waals surface area contributed by atoms with Crippen molar-refractivity contribution >= 4 is 28.3 Å². The molecule has 8 heteroatoms. The molecule has 6 nitrogen and oxygen atoms in total. The van der Waals surface area contributed by atoms with Gasteiger partial charge in [0.25, 0.3) is 0 Å². The van der Waals surface area contributed by atoms with Crippen LogP contribution in [0.3, 0.4) is 0 Å². The highest BCUT2D eigenvalue weighted by atomic mass is 35.5. The summed E-state index contributed by atoms with van der Waals surface area (Å²) in [5.74, 6) is -0.179. The molecule has 1 aromatic rings. The third-order valence-electron chi connectivity index (χ3n) is 3.81. The van der Waals surface area contributed by atoms with Gasteiger partial charge in [0, 0.05) is 26.2 Å². The van der Waals surface area contributed by atoms with E-state index in [1.807, 2.05) is 30.3 Å². The molecular formula is C14H22ClN3O3S. The maximum atomic E-state index is 12.6. The second-order valence-electron chi connectivity index (χ2n) is 5.52. The summed E-state index contributed by atoms with van der Waals surface area (Å²) in [5.41, 5.74) is 5.86. The van der Waals surface area contributed by atoms with Crippen molar-refractivity contribution in [3.63, 3.8) is 0 Å². The quantitative estimate of drug-likeness (QED) is 0.857. The van der Waals surface area contributed by atoms with Gasteiger partial charge in [0.05, 0.1) is 6.26 Å². The van der Waals surface area contributed by atoms with Gasteiger partial charge in [0.1, 0.15) is 5.54 Å². The van der Waals surface area contributed by atoms with E-state index in [4.69, 9.17) is 5.73 Å². The van der Waals surface area contributed by atoms with Crippen molar-refractivity contribution in [3.05, 3.63) is 35.9 Å². The van der Waals surface area contributed by atoms with Gasteiger partial charge in [-0.05, 0) is 12.5 Å². The highest BCUT2D eigenvalue weighted by Crippen LogP contribution is 2.21. The Bertz CT molecular complexity index is 611. The maximum Gasteiger partial charge on any atom is 0.247 e. The number of amides is 1. The molecule has 1 heterocycles. The molecule has 1 amide bonds. The standard InChI is InChI=1S/C14H21N3O3S.ClH/c1-14(15,12-6-4-3-5-7-12)13(18)16-8-10-17(11-9-16)21(2,19)20;/h3-7H,8-11,15H2,1-2H3;1H. The zero-order valence-electron chi connectivity index (χ0n) is 12.7. The summed E-state index contributed by atoms with van der Waals surface area (Å²) < 4.78 is 24.3. The molecular weight excluding hydrogens is 326 g/mol. The zero-order chi connectivity index (χ0) is 15.7. The van der Waals surface area contributed by atoms with Crippen molar-refractivity contribution in [2.45, 2.75) is 12.5 Å². The van der Waals surface area contributed by atoms with E-state index in [2.05, 4.69) is 0 Å². The Labute approximate surface area is 137 Å². The summed E-state index contributed by atoms with van der Waals surface area (Å²) in [6.45, 7) is 3.05. The molecule has 0 spiro atoms. The van der Waals surface area contributed by atoms with Gasteiger partial charge < -0.3 is 10.6 Å². The number of benzene rings is 1. The van der Waals surface area contributed by atoms with Crippen molar-refractivity contribution in [3.8, 4) is 0 Å². The molecule has 0 aromatic heterocycles. The van der Waals surface area contributed by atoms with E-state index in [-0.39, 0.29) is 18.3 Å². The monoisotopic (exact) mass is 347 g/mol. The molecule has 2 N–H and O–H groups in total. The fourth-order valence-corrected chi connectivity index (χ4v) is 3.29. The summed E-state index contributed by atoms with van der Waals surface area (Å²) in [6.07, 6.45) is 1.18. The first-order valence-corrected chi connectivity index (χ1v) is 8.66. The molecule has 0 aliphatic carbocycles. The number of rotatable bonds is 3. The average molecular weight is 348 g/mol. The van der Waals surface area contributed by atoms with Crippen molar-refractivity contribution < 1.29 is 13.2 Å². The third kappa shape index (κ3) is 3.98. The number of carbonyl (C=O) groups is 1. The van der Waals surface area contributed by atoms with Gasteiger partial charge in [-0.25, -0.2) is 8.42 Å². The second-order valence-corrected chi connectivity index (χ2v) is 7.51. The molecule has 1 saturated heterocycles. The van der Waals surface area contributed by atoms with E-state index in [0.29, 0.717) is 26.2 Å². The van der Waals surface area contributed by atoms with Crippen LogP contribution in [0.15, 0.2) is 30.3 Å². The number of sulfonamides is 1. The van der Waals surface area contributed by atoms with E-state index in [9.17, 15) is 13.2 Å². The van der Waals surface area contributed by atoms with Crippen molar-refractivity contribution in [1.82, 2.24) is 9.21 Å². The summed E-state index contributed by atoms with van der Waals surface area (Å²) in [6, 6.07) is 9.20. The lowest BCUT2D eigenvalue weighted by molar-refractivity contribution is -0.138. The summed E-state index contributed by atoms with van der Waals surface area (Å²) in [5, 5.41) is 0.